The second kappa shape index (κ2) is 5.47. The zero-order chi connectivity index (χ0) is 10.6. The second-order valence-corrected chi connectivity index (χ2v) is 4.72. The van der Waals surface area contributed by atoms with E-state index in [9.17, 15) is 4.79 Å². The molecule has 0 bridgehead atoms. The van der Waals surface area contributed by atoms with E-state index in [2.05, 4.69) is 24.1 Å². The maximum absolute atomic E-state index is 11.0. The van der Waals surface area contributed by atoms with Crippen LogP contribution in [0, 0.1) is 5.92 Å². The van der Waals surface area contributed by atoms with Crippen LogP contribution in [0.1, 0.15) is 27.2 Å². The van der Waals surface area contributed by atoms with Gasteiger partial charge < -0.3 is 5.32 Å². The summed E-state index contributed by atoms with van der Waals surface area (Å²) >= 11 is 0. The fourth-order valence-electron chi connectivity index (χ4n) is 2.08. The van der Waals surface area contributed by atoms with Crippen LogP contribution < -0.4 is 5.32 Å². The molecule has 1 aliphatic heterocycles. The number of carbonyl (C=O) groups is 1. The summed E-state index contributed by atoms with van der Waals surface area (Å²) in [5.74, 6) is 1.000. The molecule has 1 unspecified atom stereocenters. The van der Waals surface area contributed by atoms with E-state index < -0.39 is 0 Å². The number of hydrogen-bond donors (Lipinski definition) is 1. The number of piperazine rings is 1. The largest absolute Gasteiger partial charge is 0.311 e. The van der Waals surface area contributed by atoms with Crippen LogP contribution in [0.15, 0.2) is 0 Å². The fraction of sp³-hybridized carbons (Fsp3) is 0.909. The lowest BCUT2D eigenvalue weighted by Gasteiger charge is -2.33. The second-order valence-electron chi connectivity index (χ2n) is 4.72. The van der Waals surface area contributed by atoms with Gasteiger partial charge in [0.05, 0.1) is 6.54 Å². The molecule has 0 aliphatic carbocycles. The average Bonchev–Trinajstić information content (AvgIpc) is 2.01. The maximum atomic E-state index is 11.0. The van der Waals surface area contributed by atoms with Crippen molar-refractivity contribution in [3.63, 3.8) is 0 Å². The van der Waals surface area contributed by atoms with Gasteiger partial charge in [0, 0.05) is 25.7 Å². The number of carbonyl (C=O) groups excluding carboxylic acids is 1. The van der Waals surface area contributed by atoms with Crippen molar-refractivity contribution in [2.75, 3.05) is 26.2 Å². The Morgan fingerprint density at radius 3 is 2.86 bits per heavy atom. The van der Waals surface area contributed by atoms with Crippen molar-refractivity contribution in [2.24, 2.45) is 5.92 Å². The first-order valence-corrected chi connectivity index (χ1v) is 5.53. The smallest absolute Gasteiger partial charge is 0.143 e. The Bertz CT molecular complexity index is 192. The number of rotatable bonds is 4. The van der Waals surface area contributed by atoms with Gasteiger partial charge in [-0.15, -0.1) is 0 Å². The molecule has 0 radical (unpaired) electrons. The minimum absolute atomic E-state index is 0.273. The van der Waals surface area contributed by atoms with Crippen LogP contribution in [0.4, 0.5) is 0 Å². The zero-order valence-electron chi connectivity index (χ0n) is 9.55. The summed E-state index contributed by atoms with van der Waals surface area (Å²) in [6.45, 7) is 9.82. The van der Waals surface area contributed by atoms with Crippen LogP contribution in [0.5, 0.6) is 0 Å². The molecule has 1 aliphatic rings. The molecule has 1 rings (SSSR count). The summed E-state index contributed by atoms with van der Waals surface area (Å²) in [5, 5.41) is 3.50. The molecule has 82 valence electrons. The minimum Gasteiger partial charge on any atom is -0.311 e. The average molecular weight is 198 g/mol. The minimum atomic E-state index is 0.273. The molecule has 0 saturated carbocycles. The molecule has 1 fully saturated rings. The normalized spacial score (nSPS) is 24.1. The van der Waals surface area contributed by atoms with E-state index in [1.54, 1.807) is 6.92 Å². The lowest BCUT2D eigenvalue weighted by atomic mass is 10.0. The Kier molecular flexibility index (Phi) is 4.55. The monoisotopic (exact) mass is 198 g/mol. The summed E-state index contributed by atoms with van der Waals surface area (Å²) in [6.07, 6.45) is 1.20. The molecule has 14 heavy (non-hydrogen) atoms. The van der Waals surface area contributed by atoms with Crippen LogP contribution in [0.25, 0.3) is 0 Å². The molecular formula is C11H22N2O. The van der Waals surface area contributed by atoms with Gasteiger partial charge in [0.25, 0.3) is 0 Å². The number of nitrogens with zero attached hydrogens (tertiary/aromatic N) is 1. The van der Waals surface area contributed by atoms with E-state index in [1.807, 2.05) is 0 Å². The van der Waals surface area contributed by atoms with Gasteiger partial charge in [0.15, 0.2) is 0 Å². The van der Waals surface area contributed by atoms with E-state index in [-0.39, 0.29) is 5.78 Å². The van der Waals surface area contributed by atoms with Gasteiger partial charge >= 0.3 is 0 Å². The molecule has 0 amide bonds. The standard InChI is InChI=1S/C11H22N2O/c1-9(2)6-11-8-13(5-4-12-11)7-10(3)14/h9,11-12H,4-8H2,1-3H3. The SMILES string of the molecule is CC(=O)CN1CCNC(CC(C)C)C1. The van der Waals surface area contributed by atoms with Gasteiger partial charge in [0.1, 0.15) is 5.78 Å². The predicted molar refractivity (Wildman–Crippen MR) is 58.4 cm³/mol. The van der Waals surface area contributed by atoms with Gasteiger partial charge in [0.2, 0.25) is 0 Å². The van der Waals surface area contributed by atoms with E-state index in [4.69, 9.17) is 0 Å². The molecule has 0 aromatic rings. The van der Waals surface area contributed by atoms with E-state index in [0.29, 0.717) is 12.6 Å². The van der Waals surface area contributed by atoms with Crippen molar-refractivity contribution in [3.8, 4) is 0 Å². The molecular weight excluding hydrogens is 176 g/mol. The lowest BCUT2D eigenvalue weighted by Crippen LogP contribution is -2.52. The quantitative estimate of drug-likeness (QED) is 0.728. The first-order valence-electron chi connectivity index (χ1n) is 5.53. The lowest BCUT2D eigenvalue weighted by molar-refractivity contribution is -0.118. The Labute approximate surface area is 86.9 Å². The molecule has 0 aromatic carbocycles. The molecule has 1 heterocycles. The zero-order valence-corrected chi connectivity index (χ0v) is 9.55. The molecule has 1 atom stereocenters. The van der Waals surface area contributed by atoms with Crippen LogP contribution in [0.3, 0.4) is 0 Å². The van der Waals surface area contributed by atoms with Crippen LogP contribution >= 0.6 is 0 Å². The Morgan fingerprint density at radius 2 is 2.29 bits per heavy atom. The highest BCUT2D eigenvalue weighted by atomic mass is 16.1. The fourth-order valence-corrected chi connectivity index (χ4v) is 2.08. The highest BCUT2D eigenvalue weighted by molar-refractivity contribution is 5.77. The molecule has 0 spiro atoms. The van der Waals surface area contributed by atoms with Crippen molar-refractivity contribution in [3.05, 3.63) is 0 Å². The van der Waals surface area contributed by atoms with Gasteiger partial charge in [-0.1, -0.05) is 13.8 Å². The highest BCUT2D eigenvalue weighted by Crippen LogP contribution is 2.09. The third kappa shape index (κ3) is 4.20. The van der Waals surface area contributed by atoms with Gasteiger partial charge in [-0.25, -0.2) is 0 Å². The summed E-state index contributed by atoms with van der Waals surface area (Å²) in [7, 11) is 0. The predicted octanol–water partition coefficient (Wildman–Crippen LogP) is 0.895. The molecule has 3 heteroatoms. The summed E-state index contributed by atoms with van der Waals surface area (Å²) in [4.78, 5) is 13.2. The Morgan fingerprint density at radius 1 is 1.57 bits per heavy atom. The maximum Gasteiger partial charge on any atom is 0.143 e. The third-order valence-corrected chi connectivity index (χ3v) is 2.54. The van der Waals surface area contributed by atoms with Crippen LogP contribution in [-0.2, 0) is 4.79 Å². The number of nitrogens with one attached hydrogen (secondary N) is 1. The number of ketones is 1. The number of Topliss-reactive ketones (excluding diaryl/α,β-unsaturated/α-hetero) is 1. The third-order valence-electron chi connectivity index (χ3n) is 2.54. The van der Waals surface area contributed by atoms with E-state index in [0.717, 1.165) is 25.6 Å². The number of hydrogen-bond acceptors (Lipinski definition) is 3. The van der Waals surface area contributed by atoms with E-state index >= 15 is 0 Å². The van der Waals surface area contributed by atoms with Crippen molar-refractivity contribution in [1.82, 2.24) is 10.2 Å². The van der Waals surface area contributed by atoms with Crippen LogP contribution in [0.2, 0.25) is 0 Å². The summed E-state index contributed by atoms with van der Waals surface area (Å²) < 4.78 is 0. The molecule has 0 aromatic heterocycles. The molecule has 3 nitrogen and oxygen atoms in total. The van der Waals surface area contributed by atoms with Gasteiger partial charge in [-0.05, 0) is 19.3 Å². The highest BCUT2D eigenvalue weighted by Gasteiger charge is 2.20. The molecule has 1 N–H and O–H groups in total. The topological polar surface area (TPSA) is 32.3 Å². The first kappa shape index (κ1) is 11.7. The van der Waals surface area contributed by atoms with Gasteiger partial charge in [-0.2, -0.15) is 0 Å². The Hall–Kier alpha value is -0.410. The summed E-state index contributed by atoms with van der Waals surface area (Å²) in [6, 6.07) is 0.572. The van der Waals surface area contributed by atoms with Crippen molar-refractivity contribution in [1.29, 1.82) is 0 Å². The summed E-state index contributed by atoms with van der Waals surface area (Å²) in [5.41, 5.74) is 0. The molecule has 1 saturated heterocycles. The first-order chi connectivity index (χ1) is 6.58. The van der Waals surface area contributed by atoms with Crippen molar-refractivity contribution < 1.29 is 4.79 Å². The van der Waals surface area contributed by atoms with Crippen molar-refractivity contribution >= 4 is 5.78 Å². The van der Waals surface area contributed by atoms with Gasteiger partial charge in [-0.3, -0.25) is 9.69 Å². The van der Waals surface area contributed by atoms with Crippen LogP contribution in [-0.4, -0.2) is 42.9 Å². The van der Waals surface area contributed by atoms with E-state index in [1.165, 1.54) is 6.42 Å². The Balaban J connectivity index is 2.32. The van der Waals surface area contributed by atoms with Crippen molar-refractivity contribution in [2.45, 2.75) is 33.2 Å².